The molecule has 2 N–H and O–H groups in total. The van der Waals surface area contributed by atoms with E-state index in [0.29, 0.717) is 24.5 Å². The summed E-state index contributed by atoms with van der Waals surface area (Å²) in [5.74, 6) is 0.446. The second-order valence-corrected chi connectivity index (χ2v) is 3.99. The van der Waals surface area contributed by atoms with Crippen LogP contribution in [0.5, 0.6) is 0 Å². The van der Waals surface area contributed by atoms with E-state index in [1.807, 2.05) is 6.07 Å². The molecule has 0 aromatic carbocycles. The van der Waals surface area contributed by atoms with Gasteiger partial charge in [0.25, 0.3) is 0 Å². The van der Waals surface area contributed by atoms with Gasteiger partial charge in [0.1, 0.15) is 11.9 Å². The minimum Gasteiger partial charge on any atom is -0.367 e. The summed E-state index contributed by atoms with van der Waals surface area (Å²) < 4.78 is 0.761. The number of pyridine rings is 1. The molecule has 84 valence electrons. The van der Waals surface area contributed by atoms with E-state index in [2.05, 4.69) is 31.5 Å². The van der Waals surface area contributed by atoms with Crippen LogP contribution >= 0.6 is 15.9 Å². The molecule has 1 rings (SSSR count). The largest absolute Gasteiger partial charge is 0.367 e. The van der Waals surface area contributed by atoms with E-state index in [1.165, 1.54) is 6.92 Å². The van der Waals surface area contributed by atoms with Crippen molar-refractivity contribution in [3.63, 3.8) is 0 Å². The van der Waals surface area contributed by atoms with Crippen molar-refractivity contribution in [3.05, 3.63) is 22.3 Å². The zero-order valence-electron chi connectivity index (χ0n) is 8.75. The third kappa shape index (κ3) is 3.87. The topological polar surface area (TPSA) is 77.8 Å². The van der Waals surface area contributed by atoms with Crippen molar-refractivity contribution < 1.29 is 4.79 Å². The minimum absolute atomic E-state index is 0.0777. The van der Waals surface area contributed by atoms with Crippen LogP contribution in [0, 0.1) is 11.3 Å². The Bertz CT molecular complexity index is 427. The predicted octanol–water partition coefficient (Wildman–Crippen LogP) is 1.26. The van der Waals surface area contributed by atoms with Crippen molar-refractivity contribution in [3.8, 4) is 6.07 Å². The molecular weight excluding hydrogens is 272 g/mol. The van der Waals surface area contributed by atoms with E-state index < -0.39 is 0 Å². The SMILES string of the molecule is CC(=O)NCCNc1ncc(Br)cc1C#N. The number of hydrogen-bond acceptors (Lipinski definition) is 4. The highest BCUT2D eigenvalue weighted by atomic mass is 79.9. The molecule has 0 fully saturated rings. The first-order valence-corrected chi connectivity index (χ1v) is 5.46. The number of anilines is 1. The van der Waals surface area contributed by atoms with E-state index in [9.17, 15) is 4.79 Å². The van der Waals surface area contributed by atoms with E-state index in [-0.39, 0.29) is 5.91 Å². The number of nitrogens with one attached hydrogen (secondary N) is 2. The van der Waals surface area contributed by atoms with Crippen molar-refractivity contribution >= 4 is 27.7 Å². The Balaban J connectivity index is 2.54. The fraction of sp³-hybridized carbons (Fsp3) is 0.300. The third-order valence-electron chi connectivity index (χ3n) is 1.77. The Kier molecular flexibility index (Phi) is 4.73. The highest BCUT2D eigenvalue weighted by molar-refractivity contribution is 9.10. The average Bonchev–Trinajstić information content (AvgIpc) is 2.25. The van der Waals surface area contributed by atoms with Gasteiger partial charge in [0, 0.05) is 30.7 Å². The van der Waals surface area contributed by atoms with Crippen LogP contribution in [-0.2, 0) is 4.79 Å². The minimum atomic E-state index is -0.0777. The van der Waals surface area contributed by atoms with E-state index in [4.69, 9.17) is 5.26 Å². The first-order valence-electron chi connectivity index (χ1n) is 4.67. The smallest absolute Gasteiger partial charge is 0.216 e. The van der Waals surface area contributed by atoms with E-state index in [1.54, 1.807) is 12.3 Å². The zero-order chi connectivity index (χ0) is 12.0. The van der Waals surface area contributed by atoms with Crippen LogP contribution < -0.4 is 10.6 Å². The van der Waals surface area contributed by atoms with Gasteiger partial charge in [-0.3, -0.25) is 4.79 Å². The van der Waals surface area contributed by atoms with Crippen molar-refractivity contribution in [2.24, 2.45) is 0 Å². The molecule has 6 heteroatoms. The van der Waals surface area contributed by atoms with Crippen molar-refractivity contribution in [2.45, 2.75) is 6.92 Å². The lowest BCUT2D eigenvalue weighted by atomic mass is 10.3. The molecule has 0 aliphatic heterocycles. The van der Waals surface area contributed by atoms with Gasteiger partial charge in [-0.25, -0.2) is 4.98 Å². The summed E-state index contributed by atoms with van der Waals surface area (Å²) in [6, 6.07) is 3.73. The third-order valence-corrected chi connectivity index (χ3v) is 2.20. The molecule has 0 unspecified atom stereocenters. The number of carbonyl (C=O) groups excluding carboxylic acids is 1. The van der Waals surface area contributed by atoms with Crippen molar-refractivity contribution in [2.75, 3.05) is 18.4 Å². The lowest BCUT2D eigenvalue weighted by Gasteiger charge is -2.07. The Morgan fingerprint density at radius 3 is 3.00 bits per heavy atom. The molecule has 0 bridgehead atoms. The maximum absolute atomic E-state index is 10.6. The molecule has 0 saturated carbocycles. The normalized spacial score (nSPS) is 9.31. The summed E-state index contributed by atoms with van der Waals surface area (Å²) in [5, 5.41) is 14.5. The van der Waals surface area contributed by atoms with Crippen LogP contribution in [0.2, 0.25) is 0 Å². The molecular formula is C10H11BrN4O. The number of nitrogens with zero attached hydrogens (tertiary/aromatic N) is 2. The average molecular weight is 283 g/mol. The van der Waals surface area contributed by atoms with Crippen molar-refractivity contribution in [1.29, 1.82) is 5.26 Å². The molecule has 1 heterocycles. The quantitative estimate of drug-likeness (QED) is 0.815. The maximum atomic E-state index is 10.6. The Hall–Kier alpha value is -1.61. The van der Waals surface area contributed by atoms with E-state index >= 15 is 0 Å². The molecule has 1 aromatic rings. The Labute approximate surface area is 102 Å². The molecule has 0 atom stereocenters. The fourth-order valence-electron chi connectivity index (χ4n) is 1.08. The first-order chi connectivity index (χ1) is 7.63. The van der Waals surface area contributed by atoms with Gasteiger partial charge in [0.15, 0.2) is 0 Å². The lowest BCUT2D eigenvalue weighted by molar-refractivity contribution is -0.118. The molecule has 1 amide bonds. The Morgan fingerprint density at radius 1 is 1.62 bits per heavy atom. The van der Waals surface area contributed by atoms with Gasteiger partial charge in [0.2, 0.25) is 5.91 Å². The molecule has 0 aliphatic rings. The van der Waals surface area contributed by atoms with Gasteiger partial charge < -0.3 is 10.6 Å². The van der Waals surface area contributed by atoms with Gasteiger partial charge in [-0.15, -0.1) is 0 Å². The van der Waals surface area contributed by atoms with Gasteiger partial charge in [-0.05, 0) is 22.0 Å². The number of amides is 1. The number of halogens is 1. The number of aromatic nitrogens is 1. The van der Waals surface area contributed by atoms with Gasteiger partial charge >= 0.3 is 0 Å². The van der Waals surface area contributed by atoms with Crippen LogP contribution in [0.4, 0.5) is 5.82 Å². The summed E-state index contributed by atoms with van der Waals surface area (Å²) in [6.07, 6.45) is 1.61. The standard InChI is InChI=1S/C10H11BrN4O/c1-7(16)13-2-3-14-10-8(5-12)4-9(11)6-15-10/h4,6H,2-3H2,1H3,(H,13,16)(H,14,15). The van der Waals surface area contributed by atoms with Gasteiger partial charge in [0.05, 0.1) is 5.56 Å². The maximum Gasteiger partial charge on any atom is 0.216 e. The molecule has 1 aromatic heterocycles. The van der Waals surface area contributed by atoms with Crippen LogP contribution in [0.3, 0.4) is 0 Å². The summed E-state index contributed by atoms with van der Waals surface area (Å²) in [5.41, 5.74) is 0.470. The predicted molar refractivity (Wildman–Crippen MR) is 63.8 cm³/mol. The van der Waals surface area contributed by atoms with E-state index in [0.717, 1.165) is 4.47 Å². The number of nitriles is 1. The Morgan fingerprint density at radius 2 is 2.38 bits per heavy atom. The van der Waals surface area contributed by atoms with Crippen LogP contribution in [0.1, 0.15) is 12.5 Å². The number of carbonyl (C=O) groups is 1. The zero-order valence-corrected chi connectivity index (χ0v) is 10.3. The monoisotopic (exact) mass is 282 g/mol. The molecule has 16 heavy (non-hydrogen) atoms. The van der Waals surface area contributed by atoms with Crippen LogP contribution in [0.25, 0.3) is 0 Å². The molecule has 0 spiro atoms. The second kappa shape index (κ2) is 6.08. The van der Waals surface area contributed by atoms with Crippen molar-refractivity contribution in [1.82, 2.24) is 10.3 Å². The molecule has 5 nitrogen and oxygen atoms in total. The summed E-state index contributed by atoms with van der Waals surface area (Å²) in [4.78, 5) is 14.7. The molecule has 0 radical (unpaired) electrons. The second-order valence-electron chi connectivity index (χ2n) is 3.07. The number of hydrogen-bond donors (Lipinski definition) is 2. The van der Waals surface area contributed by atoms with Crippen LogP contribution in [-0.4, -0.2) is 24.0 Å². The van der Waals surface area contributed by atoms with Crippen LogP contribution in [0.15, 0.2) is 16.7 Å². The summed E-state index contributed by atoms with van der Waals surface area (Å²) in [7, 11) is 0. The van der Waals surface area contributed by atoms with Gasteiger partial charge in [-0.2, -0.15) is 5.26 Å². The number of rotatable bonds is 4. The highest BCUT2D eigenvalue weighted by Crippen LogP contribution is 2.16. The fourth-order valence-corrected chi connectivity index (χ4v) is 1.42. The first kappa shape index (κ1) is 12.5. The molecule has 0 saturated heterocycles. The highest BCUT2D eigenvalue weighted by Gasteiger charge is 2.03. The molecule has 0 aliphatic carbocycles. The summed E-state index contributed by atoms with van der Waals surface area (Å²) >= 11 is 3.24. The van der Waals surface area contributed by atoms with Gasteiger partial charge in [-0.1, -0.05) is 0 Å². The lowest BCUT2D eigenvalue weighted by Crippen LogP contribution is -2.26. The summed E-state index contributed by atoms with van der Waals surface area (Å²) in [6.45, 7) is 2.49.